The van der Waals surface area contributed by atoms with Crippen LogP contribution in [0.25, 0.3) is 0 Å². The van der Waals surface area contributed by atoms with Gasteiger partial charge in [0.2, 0.25) is 5.91 Å². The summed E-state index contributed by atoms with van der Waals surface area (Å²) in [7, 11) is 1.60. The first kappa shape index (κ1) is 12.0. The minimum atomic E-state index is -0.149. The van der Waals surface area contributed by atoms with Gasteiger partial charge in [-0.3, -0.25) is 4.79 Å². The monoisotopic (exact) mass is 271 g/mol. The van der Waals surface area contributed by atoms with Crippen molar-refractivity contribution in [1.29, 1.82) is 0 Å². The van der Waals surface area contributed by atoms with Crippen LogP contribution in [0.1, 0.15) is 13.3 Å². The van der Waals surface area contributed by atoms with Gasteiger partial charge in [0.25, 0.3) is 0 Å². The maximum Gasteiger partial charge on any atom is 0.238 e. The van der Waals surface area contributed by atoms with Crippen molar-refractivity contribution in [3.63, 3.8) is 0 Å². The van der Waals surface area contributed by atoms with Crippen LogP contribution in [0.3, 0.4) is 0 Å². The lowest BCUT2D eigenvalue weighted by molar-refractivity contribution is -0.115. The molecule has 1 aromatic carbocycles. The Bertz CT molecular complexity index is 341. The van der Waals surface area contributed by atoms with E-state index in [1.165, 1.54) is 0 Å². The normalized spacial score (nSPS) is 11.9. The second-order valence-corrected chi connectivity index (χ2v) is 4.20. The molecule has 1 N–H and O–H groups in total. The lowest BCUT2D eigenvalue weighted by Gasteiger charge is -2.09. The highest BCUT2D eigenvalue weighted by Gasteiger charge is 2.12. The van der Waals surface area contributed by atoms with Crippen LogP contribution >= 0.6 is 15.9 Å². The van der Waals surface area contributed by atoms with E-state index in [-0.39, 0.29) is 10.7 Å². The largest absolute Gasteiger partial charge is 0.497 e. The zero-order valence-electron chi connectivity index (χ0n) is 8.79. The van der Waals surface area contributed by atoms with Crippen LogP contribution in [0.4, 0.5) is 5.69 Å². The average Bonchev–Trinajstić information content (AvgIpc) is 2.28. The molecule has 15 heavy (non-hydrogen) atoms. The summed E-state index contributed by atoms with van der Waals surface area (Å²) in [4.78, 5) is 11.4. The molecule has 0 spiro atoms. The number of hydrogen-bond donors (Lipinski definition) is 1. The Kier molecular flexibility index (Phi) is 4.62. The van der Waals surface area contributed by atoms with Gasteiger partial charge in [-0.2, -0.15) is 0 Å². The molecule has 0 radical (unpaired) electrons. The second kappa shape index (κ2) is 5.75. The van der Waals surface area contributed by atoms with Gasteiger partial charge < -0.3 is 10.1 Å². The predicted molar refractivity (Wildman–Crippen MR) is 64.6 cm³/mol. The molecule has 0 aliphatic carbocycles. The summed E-state index contributed by atoms with van der Waals surface area (Å²) in [5.74, 6) is 0.696. The summed E-state index contributed by atoms with van der Waals surface area (Å²) in [5, 5.41) is 2.80. The van der Waals surface area contributed by atoms with Gasteiger partial charge in [-0.05, 0) is 18.6 Å². The minimum absolute atomic E-state index is 0.0363. The van der Waals surface area contributed by atoms with Crippen LogP contribution in [-0.2, 0) is 4.79 Å². The van der Waals surface area contributed by atoms with Gasteiger partial charge >= 0.3 is 0 Å². The topological polar surface area (TPSA) is 38.3 Å². The van der Waals surface area contributed by atoms with Gasteiger partial charge in [-0.1, -0.05) is 28.9 Å². The first-order valence-electron chi connectivity index (χ1n) is 4.76. The van der Waals surface area contributed by atoms with Crippen molar-refractivity contribution >= 4 is 27.5 Å². The summed E-state index contributed by atoms with van der Waals surface area (Å²) in [6, 6.07) is 7.29. The Morgan fingerprint density at radius 1 is 1.60 bits per heavy atom. The van der Waals surface area contributed by atoms with Crippen molar-refractivity contribution in [3.05, 3.63) is 24.3 Å². The fraction of sp³-hybridized carbons (Fsp3) is 0.364. The Balaban J connectivity index is 2.68. The molecule has 82 valence electrons. The molecular formula is C11H14BrNO2. The van der Waals surface area contributed by atoms with E-state index in [9.17, 15) is 4.79 Å². The van der Waals surface area contributed by atoms with Crippen LogP contribution in [0.5, 0.6) is 5.75 Å². The second-order valence-electron chi connectivity index (χ2n) is 3.10. The molecule has 0 fully saturated rings. The zero-order valence-corrected chi connectivity index (χ0v) is 10.4. The van der Waals surface area contributed by atoms with Gasteiger partial charge in [-0.25, -0.2) is 0 Å². The molecule has 0 bridgehead atoms. The van der Waals surface area contributed by atoms with E-state index in [1.807, 2.05) is 25.1 Å². The molecule has 0 aliphatic heterocycles. The van der Waals surface area contributed by atoms with E-state index in [0.717, 1.165) is 17.9 Å². The van der Waals surface area contributed by atoms with E-state index >= 15 is 0 Å². The number of alkyl halides is 1. The van der Waals surface area contributed by atoms with Crippen LogP contribution in [0, 0.1) is 0 Å². The quantitative estimate of drug-likeness (QED) is 0.856. The van der Waals surface area contributed by atoms with Crippen molar-refractivity contribution < 1.29 is 9.53 Å². The number of nitrogens with one attached hydrogen (secondary N) is 1. The maximum atomic E-state index is 11.5. The highest BCUT2D eigenvalue weighted by molar-refractivity contribution is 9.10. The molecule has 1 aromatic rings. The first-order valence-corrected chi connectivity index (χ1v) is 5.68. The number of rotatable bonds is 4. The Hall–Kier alpha value is -1.03. The highest BCUT2D eigenvalue weighted by atomic mass is 79.9. The Morgan fingerprint density at radius 2 is 2.33 bits per heavy atom. The summed E-state index contributed by atoms with van der Waals surface area (Å²) in [6.07, 6.45) is 0.760. The summed E-state index contributed by atoms with van der Waals surface area (Å²) in [5.41, 5.74) is 0.747. The van der Waals surface area contributed by atoms with Crippen LogP contribution in [-0.4, -0.2) is 17.8 Å². The third-order valence-corrected chi connectivity index (χ3v) is 3.04. The number of halogens is 1. The molecule has 0 aliphatic rings. The van der Waals surface area contributed by atoms with Crippen LogP contribution < -0.4 is 10.1 Å². The highest BCUT2D eigenvalue weighted by Crippen LogP contribution is 2.17. The number of ether oxygens (including phenoxy) is 1. The Labute approximate surface area is 97.9 Å². The third kappa shape index (κ3) is 3.55. The number of carbonyl (C=O) groups is 1. The van der Waals surface area contributed by atoms with Crippen molar-refractivity contribution in [3.8, 4) is 5.75 Å². The molecule has 0 aromatic heterocycles. The number of carbonyl (C=O) groups excluding carboxylic acids is 1. The van der Waals surface area contributed by atoms with Gasteiger partial charge in [0.15, 0.2) is 0 Å². The lowest BCUT2D eigenvalue weighted by atomic mass is 10.2. The summed E-state index contributed by atoms with van der Waals surface area (Å²) < 4.78 is 5.06. The SMILES string of the molecule is CC[C@H](Br)C(=O)Nc1cccc(OC)c1. The smallest absolute Gasteiger partial charge is 0.238 e. The fourth-order valence-corrected chi connectivity index (χ4v) is 1.22. The van der Waals surface area contributed by atoms with Gasteiger partial charge in [-0.15, -0.1) is 0 Å². The molecule has 0 saturated heterocycles. The van der Waals surface area contributed by atoms with E-state index in [4.69, 9.17) is 4.74 Å². The predicted octanol–water partition coefficient (Wildman–Crippen LogP) is 2.81. The van der Waals surface area contributed by atoms with E-state index in [0.29, 0.717) is 0 Å². The van der Waals surface area contributed by atoms with Crippen LogP contribution in [0.2, 0.25) is 0 Å². The average molecular weight is 272 g/mol. The van der Waals surface area contributed by atoms with Gasteiger partial charge in [0.1, 0.15) is 5.75 Å². The summed E-state index contributed by atoms with van der Waals surface area (Å²) >= 11 is 3.29. The molecule has 0 saturated carbocycles. The van der Waals surface area contributed by atoms with Crippen molar-refractivity contribution in [2.45, 2.75) is 18.2 Å². The molecule has 1 amide bonds. The number of hydrogen-bond acceptors (Lipinski definition) is 2. The zero-order chi connectivity index (χ0) is 11.3. The number of anilines is 1. The molecule has 3 nitrogen and oxygen atoms in total. The molecule has 1 atom stereocenters. The molecule has 4 heteroatoms. The Morgan fingerprint density at radius 3 is 2.93 bits per heavy atom. The molecule has 1 rings (SSSR count). The molecule has 0 unspecified atom stereocenters. The standard InChI is InChI=1S/C11H14BrNO2/c1-3-10(12)11(14)13-8-5-4-6-9(7-8)15-2/h4-7,10H,3H2,1-2H3,(H,13,14)/t10-/m0/s1. The van der Waals surface area contributed by atoms with Crippen molar-refractivity contribution in [1.82, 2.24) is 0 Å². The number of amides is 1. The van der Waals surface area contributed by atoms with E-state index in [2.05, 4.69) is 21.2 Å². The molecule has 0 heterocycles. The van der Waals surface area contributed by atoms with Crippen molar-refractivity contribution in [2.75, 3.05) is 12.4 Å². The van der Waals surface area contributed by atoms with Crippen LogP contribution in [0.15, 0.2) is 24.3 Å². The summed E-state index contributed by atoms with van der Waals surface area (Å²) in [6.45, 7) is 1.95. The van der Waals surface area contributed by atoms with Gasteiger partial charge in [0.05, 0.1) is 11.9 Å². The lowest BCUT2D eigenvalue weighted by Crippen LogP contribution is -2.21. The number of methoxy groups -OCH3 is 1. The first-order chi connectivity index (χ1) is 7.17. The van der Waals surface area contributed by atoms with E-state index in [1.54, 1.807) is 13.2 Å². The minimum Gasteiger partial charge on any atom is -0.497 e. The van der Waals surface area contributed by atoms with E-state index < -0.39 is 0 Å². The fourth-order valence-electron chi connectivity index (χ4n) is 1.11. The van der Waals surface area contributed by atoms with Gasteiger partial charge in [0, 0.05) is 11.8 Å². The van der Waals surface area contributed by atoms with Crippen molar-refractivity contribution in [2.24, 2.45) is 0 Å². The molecular weight excluding hydrogens is 258 g/mol. The number of benzene rings is 1. The maximum absolute atomic E-state index is 11.5. The third-order valence-electron chi connectivity index (χ3n) is 1.98.